The third kappa shape index (κ3) is 2.91. The zero-order chi connectivity index (χ0) is 19.3. The third-order valence-corrected chi connectivity index (χ3v) is 7.88. The van der Waals surface area contributed by atoms with Gasteiger partial charge in [0.15, 0.2) is 0 Å². The van der Waals surface area contributed by atoms with Gasteiger partial charge in [-0.2, -0.15) is 0 Å². The number of aryl methyl sites for hydroxylation is 1. The lowest BCUT2D eigenvalue weighted by atomic mass is 9.76. The van der Waals surface area contributed by atoms with Gasteiger partial charge in [0, 0.05) is 19.0 Å². The van der Waals surface area contributed by atoms with Gasteiger partial charge in [-0.25, -0.2) is 0 Å². The summed E-state index contributed by atoms with van der Waals surface area (Å²) < 4.78 is 9.64. The Balaban J connectivity index is 1.55. The summed E-state index contributed by atoms with van der Waals surface area (Å²) in [5.74, 6) is 0.829. The van der Waals surface area contributed by atoms with E-state index in [1.807, 2.05) is 0 Å². The Morgan fingerprint density at radius 3 is 2.33 bits per heavy atom. The van der Waals surface area contributed by atoms with Crippen LogP contribution >= 0.6 is 0 Å². The van der Waals surface area contributed by atoms with Crippen molar-refractivity contribution in [1.82, 2.24) is 4.90 Å². The molecule has 0 amide bonds. The zero-order valence-corrected chi connectivity index (χ0v) is 17.1. The Labute approximate surface area is 167 Å². The van der Waals surface area contributed by atoms with Crippen molar-refractivity contribution in [2.24, 2.45) is 17.7 Å². The maximum absolute atomic E-state index is 9.64. The van der Waals surface area contributed by atoms with Gasteiger partial charge in [0.1, 0.15) is 6.17 Å². The number of hydrogen-bond donors (Lipinski definition) is 0. The lowest BCUT2D eigenvalue weighted by molar-refractivity contribution is 0.164. The van der Waals surface area contributed by atoms with Gasteiger partial charge < -0.3 is 9.80 Å². The minimum absolute atomic E-state index is 0.292. The van der Waals surface area contributed by atoms with Crippen molar-refractivity contribution < 1.29 is 1.37 Å². The molecular weight excluding hydrogens is 328 g/mol. The second-order valence-corrected chi connectivity index (χ2v) is 9.44. The van der Waals surface area contributed by atoms with Gasteiger partial charge in [0.05, 0.1) is 6.04 Å². The van der Waals surface area contributed by atoms with Crippen LogP contribution in [0.4, 0.5) is 5.69 Å². The van der Waals surface area contributed by atoms with Crippen molar-refractivity contribution in [3.63, 3.8) is 0 Å². The topological polar surface area (TPSA) is 6.48 Å². The molecule has 0 aromatic heterocycles. The SMILES string of the molecule is [2H]C1(C2CCCCC2)C=CN2C(C3CCCC3)N(c3ccccc3C)[C@@H](C)C21. The van der Waals surface area contributed by atoms with Gasteiger partial charge in [-0.05, 0) is 69.2 Å². The molecule has 0 N–H and O–H groups in total. The van der Waals surface area contributed by atoms with Crippen LogP contribution in [0.25, 0.3) is 0 Å². The molecule has 3 fully saturated rings. The summed E-state index contributed by atoms with van der Waals surface area (Å²) in [4.78, 5) is 5.35. The van der Waals surface area contributed by atoms with Crippen molar-refractivity contribution >= 4 is 5.69 Å². The molecule has 3 unspecified atom stereocenters. The highest BCUT2D eigenvalue weighted by Gasteiger charge is 2.53. The van der Waals surface area contributed by atoms with Gasteiger partial charge in [-0.3, -0.25) is 0 Å². The van der Waals surface area contributed by atoms with Crippen LogP contribution < -0.4 is 4.90 Å². The molecule has 4 atom stereocenters. The van der Waals surface area contributed by atoms with Gasteiger partial charge in [-0.1, -0.05) is 56.4 Å². The third-order valence-electron chi connectivity index (χ3n) is 7.88. The van der Waals surface area contributed by atoms with Crippen molar-refractivity contribution in [1.29, 1.82) is 0 Å². The Morgan fingerprint density at radius 2 is 1.59 bits per heavy atom. The van der Waals surface area contributed by atoms with E-state index in [9.17, 15) is 1.37 Å². The Bertz CT molecular complexity index is 734. The van der Waals surface area contributed by atoms with Crippen LogP contribution in [0.3, 0.4) is 0 Å². The summed E-state index contributed by atoms with van der Waals surface area (Å²) in [5, 5.41) is 0. The molecule has 0 spiro atoms. The first-order valence-corrected chi connectivity index (χ1v) is 11.4. The van der Waals surface area contributed by atoms with Gasteiger partial charge in [0.2, 0.25) is 0 Å². The second-order valence-electron chi connectivity index (χ2n) is 9.44. The molecule has 27 heavy (non-hydrogen) atoms. The summed E-state index contributed by atoms with van der Waals surface area (Å²) in [6.45, 7) is 4.65. The fourth-order valence-electron chi connectivity index (χ4n) is 6.61. The zero-order valence-electron chi connectivity index (χ0n) is 18.1. The van der Waals surface area contributed by atoms with E-state index in [0.29, 0.717) is 24.2 Å². The molecule has 0 radical (unpaired) electrons. The normalized spacial score (nSPS) is 37.9. The summed E-state index contributed by atoms with van der Waals surface area (Å²) in [6, 6.07) is 9.58. The van der Waals surface area contributed by atoms with Crippen LogP contribution in [0, 0.1) is 24.7 Å². The molecule has 2 saturated carbocycles. The van der Waals surface area contributed by atoms with Crippen LogP contribution in [-0.2, 0) is 0 Å². The smallest absolute Gasteiger partial charge is 0.105 e. The lowest BCUT2D eigenvalue weighted by Gasteiger charge is -2.37. The Hall–Kier alpha value is -1.44. The molecule has 2 aliphatic heterocycles. The van der Waals surface area contributed by atoms with Crippen molar-refractivity contribution in [3.8, 4) is 0 Å². The average molecular weight is 366 g/mol. The number of para-hydroxylation sites is 1. The Kier molecular flexibility index (Phi) is 4.39. The number of fused-ring (bicyclic) bond motifs is 1. The molecule has 2 heterocycles. The highest BCUT2D eigenvalue weighted by molar-refractivity contribution is 5.56. The van der Waals surface area contributed by atoms with E-state index in [4.69, 9.17) is 0 Å². The standard InChI is InChI=1S/C25H36N2/c1-18-10-6-9-15-23(18)27-19(2)24-22(20-11-4-3-5-12-20)16-17-26(24)25(27)21-13-7-8-14-21/h6,9-10,15-17,19-22,24-25H,3-5,7-8,11-14H2,1-2H3/t19-,22?,24?,25?/m0/s1/i22D. The molecule has 1 saturated heterocycles. The van der Waals surface area contributed by atoms with E-state index in [0.717, 1.165) is 5.92 Å². The van der Waals surface area contributed by atoms with Crippen LogP contribution in [0.15, 0.2) is 36.5 Å². The van der Waals surface area contributed by atoms with E-state index in [1.165, 1.54) is 69.0 Å². The first-order chi connectivity index (χ1) is 13.6. The van der Waals surface area contributed by atoms with Crippen LogP contribution in [0.5, 0.6) is 0 Å². The maximum Gasteiger partial charge on any atom is 0.105 e. The van der Waals surface area contributed by atoms with Crippen molar-refractivity contribution in [2.45, 2.75) is 89.9 Å². The molecule has 2 heteroatoms. The molecule has 1 aromatic rings. The highest BCUT2D eigenvalue weighted by Crippen LogP contribution is 2.49. The molecular formula is C25H36N2. The van der Waals surface area contributed by atoms with E-state index in [2.05, 4.69) is 60.2 Å². The van der Waals surface area contributed by atoms with Crippen LogP contribution in [0.2, 0.25) is 0 Å². The molecule has 0 bridgehead atoms. The lowest BCUT2D eigenvalue weighted by Crippen LogP contribution is -2.43. The number of rotatable bonds is 3. The van der Waals surface area contributed by atoms with Crippen LogP contribution in [-0.4, -0.2) is 23.1 Å². The summed E-state index contributed by atoms with van der Waals surface area (Å²) in [6.07, 6.45) is 16.9. The summed E-state index contributed by atoms with van der Waals surface area (Å²) >= 11 is 0. The van der Waals surface area contributed by atoms with Gasteiger partial charge in [0.25, 0.3) is 0 Å². The quantitative estimate of drug-likeness (QED) is 0.637. The number of anilines is 1. The average Bonchev–Trinajstić information content (AvgIpc) is 3.42. The van der Waals surface area contributed by atoms with E-state index < -0.39 is 5.89 Å². The molecule has 2 nitrogen and oxygen atoms in total. The molecule has 4 aliphatic rings. The van der Waals surface area contributed by atoms with Crippen LogP contribution in [0.1, 0.15) is 71.6 Å². The maximum atomic E-state index is 9.64. The van der Waals surface area contributed by atoms with E-state index in [-0.39, 0.29) is 0 Å². The molecule has 146 valence electrons. The second kappa shape index (κ2) is 7.18. The molecule has 1 aromatic carbocycles. The monoisotopic (exact) mass is 365 g/mol. The predicted molar refractivity (Wildman–Crippen MR) is 114 cm³/mol. The summed E-state index contributed by atoms with van der Waals surface area (Å²) in [7, 11) is 0. The van der Waals surface area contributed by atoms with E-state index in [1.54, 1.807) is 0 Å². The number of hydrogen-bond acceptors (Lipinski definition) is 2. The summed E-state index contributed by atoms with van der Waals surface area (Å²) in [5.41, 5.74) is 2.76. The largest absolute Gasteiger partial charge is 0.352 e. The molecule has 5 rings (SSSR count). The predicted octanol–water partition coefficient (Wildman–Crippen LogP) is 6.11. The molecule has 2 aliphatic carbocycles. The number of benzene rings is 1. The Morgan fingerprint density at radius 1 is 0.926 bits per heavy atom. The first-order valence-electron chi connectivity index (χ1n) is 11.9. The van der Waals surface area contributed by atoms with Gasteiger partial charge in [-0.15, -0.1) is 0 Å². The van der Waals surface area contributed by atoms with Gasteiger partial charge >= 0.3 is 0 Å². The highest BCUT2D eigenvalue weighted by atomic mass is 15.5. The first kappa shape index (κ1) is 16.5. The number of nitrogens with zero attached hydrogens (tertiary/aromatic N) is 2. The minimum atomic E-state index is -0.422. The fourth-order valence-corrected chi connectivity index (χ4v) is 6.61. The fraction of sp³-hybridized carbons (Fsp3) is 0.680. The van der Waals surface area contributed by atoms with Crippen molar-refractivity contribution in [2.75, 3.05) is 4.90 Å². The van der Waals surface area contributed by atoms with E-state index >= 15 is 0 Å². The van der Waals surface area contributed by atoms with Crippen molar-refractivity contribution in [3.05, 3.63) is 42.1 Å². The minimum Gasteiger partial charge on any atom is -0.352 e.